The summed E-state index contributed by atoms with van der Waals surface area (Å²) in [6, 6.07) is 14.7. The Kier molecular flexibility index (Phi) is 2.73. The highest BCUT2D eigenvalue weighted by Crippen LogP contribution is 2.47. The van der Waals surface area contributed by atoms with E-state index in [1.807, 2.05) is 12.1 Å². The quantitative estimate of drug-likeness (QED) is 0.849. The fourth-order valence-corrected chi connectivity index (χ4v) is 2.35. The summed E-state index contributed by atoms with van der Waals surface area (Å²) in [5.41, 5.74) is 1.85. The van der Waals surface area contributed by atoms with Crippen molar-refractivity contribution in [2.75, 3.05) is 6.54 Å². The second kappa shape index (κ2) is 4.38. The van der Waals surface area contributed by atoms with Crippen LogP contribution in [0.2, 0.25) is 0 Å². The molecule has 1 aromatic carbocycles. The lowest BCUT2D eigenvalue weighted by molar-refractivity contribution is 0.469. The second-order valence-electron chi connectivity index (χ2n) is 4.83. The molecular weight excluding hydrogens is 210 g/mol. The number of furan rings is 1. The van der Waals surface area contributed by atoms with Gasteiger partial charge in [0.25, 0.3) is 0 Å². The molecule has 1 heterocycles. The van der Waals surface area contributed by atoms with Crippen LogP contribution in [-0.2, 0) is 12.0 Å². The Hall–Kier alpha value is -1.54. The highest BCUT2D eigenvalue weighted by Gasteiger charge is 2.43. The third-order valence-electron chi connectivity index (χ3n) is 3.58. The molecule has 0 bridgehead atoms. The van der Waals surface area contributed by atoms with E-state index < -0.39 is 0 Å². The molecule has 88 valence electrons. The lowest BCUT2D eigenvalue weighted by Gasteiger charge is -2.16. The minimum absolute atomic E-state index is 0.383. The molecule has 1 aromatic heterocycles. The van der Waals surface area contributed by atoms with E-state index in [9.17, 15) is 0 Å². The Bertz CT molecular complexity index is 457. The Labute approximate surface area is 102 Å². The number of hydrogen-bond donors (Lipinski definition) is 1. The van der Waals surface area contributed by atoms with E-state index in [1.54, 1.807) is 6.26 Å². The largest absolute Gasteiger partial charge is 0.468 e. The molecule has 0 spiro atoms. The van der Waals surface area contributed by atoms with Gasteiger partial charge in [0.05, 0.1) is 12.8 Å². The fourth-order valence-electron chi connectivity index (χ4n) is 2.35. The van der Waals surface area contributed by atoms with E-state index in [4.69, 9.17) is 4.42 Å². The van der Waals surface area contributed by atoms with Crippen molar-refractivity contribution in [3.63, 3.8) is 0 Å². The molecule has 1 aliphatic carbocycles. The Morgan fingerprint density at radius 2 is 1.88 bits per heavy atom. The highest BCUT2D eigenvalue weighted by molar-refractivity contribution is 5.31. The number of rotatable bonds is 5. The summed E-state index contributed by atoms with van der Waals surface area (Å²) in [6.07, 6.45) is 4.31. The third kappa shape index (κ3) is 2.27. The topological polar surface area (TPSA) is 25.2 Å². The predicted molar refractivity (Wildman–Crippen MR) is 67.8 cm³/mol. The molecule has 0 atom stereocenters. The summed E-state index contributed by atoms with van der Waals surface area (Å²) in [6.45, 7) is 1.86. The highest BCUT2D eigenvalue weighted by atomic mass is 16.3. The van der Waals surface area contributed by atoms with Crippen LogP contribution in [0.1, 0.15) is 24.2 Å². The molecule has 1 saturated carbocycles. The van der Waals surface area contributed by atoms with Crippen molar-refractivity contribution in [1.29, 1.82) is 0 Å². The molecule has 17 heavy (non-hydrogen) atoms. The zero-order valence-electron chi connectivity index (χ0n) is 9.86. The molecule has 0 radical (unpaired) electrons. The van der Waals surface area contributed by atoms with Crippen LogP contribution in [0.25, 0.3) is 0 Å². The monoisotopic (exact) mass is 227 g/mol. The predicted octanol–water partition coefficient (Wildman–Crippen LogP) is 3.10. The van der Waals surface area contributed by atoms with Crippen molar-refractivity contribution in [2.45, 2.75) is 24.8 Å². The fraction of sp³-hybridized carbons (Fsp3) is 0.333. The van der Waals surface area contributed by atoms with Gasteiger partial charge < -0.3 is 9.73 Å². The van der Waals surface area contributed by atoms with Crippen molar-refractivity contribution >= 4 is 0 Å². The summed E-state index contributed by atoms with van der Waals surface area (Å²) in [4.78, 5) is 0. The van der Waals surface area contributed by atoms with Gasteiger partial charge in [-0.25, -0.2) is 0 Å². The van der Waals surface area contributed by atoms with Gasteiger partial charge in [-0.15, -0.1) is 0 Å². The van der Waals surface area contributed by atoms with Gasteiger partial charge in [0.15, 0.2) is 0 Å². The van der Waals surface area contributed by atoms with Crippen LogP contribution in [-0.4, -0.2) is 6.54 Å². The van der Waals surface area contributed by atoms with Gasteiger partial charge in [-0.3, -0.25) is 0 Å². The first-order valence-electron chi connectivity index (χ1n) is 6.18. The number of benzene rings is 1. The maximum atomic E-state index is 5.31. The molecule has 2 aromatic rings. The average molecular weight is 227 g/mol. The minimum Gasteiger partial charge on any atom is -0.468 e. The summed E-state index contributed by atoms with van der Waals surface area (Å²) in [5, 5.41) is 3.50. The van der Waals surface area contributed by atoms with Gasteiger partial charge in [0, 0.05) is 12.0 Å². The van der Waals surface area contributed by atoms with Crippen LogP contribution >= 0.6 is 0 Å². The van der Waals surface area contributed by atoms with E-state index >= 15 is 0 Å². The lowest BCUT2D eigenvalue weighted by atomic mass is 9.96. The van der Waals surface area contributed by atoms with Crippen LogP contribution in [0.3, 0.4) is 0 Å². The van der Waals surface area contributed by atoms with E-state index in [0.29, 0.717) is 5.41 Å². The van der Waals surface area contributed by atoms with E-state index in [1.165, 1.54) is 18.4 Å². The smallest absolute Gasteiger partial charge is 0.117 e. The maximum Gasteiger partial charge on any atom is 0.117 e. The first-order chi connectivity index (χ1) is 8.39. The van der Waals surface area contributed by atoms with Crippen molar-refractivity contribution < 1.29 is 4.42 Å². The molecule has 0 unspecified atom stereocenters. The molecule has 1 aliphatic rings. The molecule has 1 fully saturated rings. The van der Waals surface area contributed by atoms with Crippen molar-refractivity contribution in [2.24, 2.45) is 0 Å². The van der Waals surface area contributed by atoms with Crippen LogP contribution in [0.5, 0.6) is 0 Å². The molecule has 0 amide bonds. The van der Waals surface area contributed by atoms with Crippen LogP contribution < -0.4 is 5.32 Å². The Balaban J connectivity index is 1.58. The van der Waals surface area contributed by atoms with Gasteiger partial charge >= 0.3 is 0 Å². The number of nitrogens with one attached hydrogen (secondary N) is 1. The molecular formula is C15H17NO. The second-order valence-corrected chi connectivity index (χ2v) is 4.83. The Morgan fingerprint density at radius 1 is 1.06 bits per heavy atom. The first kappa shape index (κ1) is 10.6. The minimum atomic E-state index is 0.383. The zero-order chi connectivity index (χ0) is 11.6. The van der Waals surface area contributed by atoms with Gasteiger partial charge in [-0.2, -0.15) is 0 Å². The standard InChI is InChI=1S/C15H17NO/c1-2-5-13(6-3-1)15(8-9-15)12-16-11-14-7-4-10-17-14/h1-7,10,16H,8-9,11-12H2. The van der Waals surface area contributed by atoms with E-state index in [-0.39, 0.29) is 0 Å². The van der Waals surface area contributed by atoms with E-state index in [2.05, 4.69) is 35.6 Å². The normalized spacial score (nSPS) is 16.9. The van der Waals surface area contributed by atoms with Crippen molar-refractivity contribution in [1.82, 2.24) is 5.32 Å². The summed E-state index contributed by atoms with van der Waals surface area (Å²) in [5.74, 6) is 1.01. The van der Waals surface area contributed by atoms with Crippen LogP contribution in [0, 0.1) is 0 Å². The van der Waals surface area contributed by atoms with Crippen LogP contribution in [0.4, 0.5) is 0 Å². The zero-order valence-corrected chi connectivity index (χ0v) is 9.86. The van der Waals surface area contributed by atoms with Gasteiger partial charge in [-0.1, -0.05) is 30.3 Å². The number of hydrogen-bond acceptors (Lipinski definition) is 2. The molecule has 0 aliphatic heterocycles. The summed E-state index contributed by atoms with van der Waals surface area (Å²) >= 11 is 0. The third-order valence-corrected chi connectivity index (χ3v) is 3.58. The molecule has 2 nitrogen and oxygen atoms in total. The Morgan fingerprint density at radius 3 is 2.53 bits per heavy atom. The van der Waals surface area contributed by atoms with Crippen molar-refractivity contribution in [3.05, 3.63) is 60.1 Å². The molecule has 2 heteroatoms. The van der Waals surface area contributed by atoms with Gasteiger partial charge in [0.1, 0.15) is 5.76 Å². The van der Waals surface area contributed by atoms with E-state index in [0.717, 1.165) is 18.8 Å². The van der Waals surface area contributed by atoms with Gasteiger partial charge in [-0.05, 0) is 30.5 Å². The lowest BCUT2D eigenvalue weighted by Crippen LogP contribution is -2.26. The van der Waals surface area contributed by atoms with Gasteiger partial charge in [0.2, 0.25) is 0 Å². The summed E-state index contributed by atoms with van der Waals surface area (Å²) in [7, 11) is 0. The molecule has 3 rings (SSSR count). The van der Waals surface area contributed by atoms with Crippen LogP contribution in [0.15, 0.2) is 53.1 Å². The SMILES string of the molecule is c1ccc(C2(CNCc3ccco3)CC2)cc1. The molecule has 1 N–H and O–H groups in total. The first-order valence-corrected chi connectivity index (χ1v) is 6.18. The van der Waals surface area contributed by atoms with Crippen molar-refractivity contribution in [3.8, 4) is 0 Å². The average Bonchev–Trinajstić information content (AvgIpc) is 2.98. The maximum absolute atomic E-state index is 5.31. The summed E-state index contributed by atoms with van der Waals surface area (Å²) < 4.78 is 5.31. The molecule has 0 saturated heterocycles.